The van der Waals surface area contributed by atoms with Gasteiger partial charge in [0.05, 0.1) is 17.3 Å². The summed E-state index contributed by atoms with van der Waals surface area (Å²) in [4.78, 5) is 15.9. The number of hydrogen-bond donors (Lipinski definition) is 2. The summed E-state index contributed by atoms with van der Waals surface area (Å²) in [6.45, 7) is 2.50. The van der Waals surface area contributed by atoms with E-state index in [0.717, 1.165) is 9.88 Å². The minimum absolute atomic E-state index is 0.0515. The van der Waals surface area contributed by atoms with Gasteiger partial charge in [0.25, 0.3) is 0 Å². The minimum atomic E-state index is -0.0515. The van der Waals surface area contributed by atoms with Crippen molar-refractivity contribution in [3.63, 3.8) is 0 Å². The number of aromatic nitrogens is 1. The molecule has 0 spiro atoms. The standard InChI is InChI=1S/C7H10N2OS2/c1-5-8-2-6(12-5)3-9-7(10)4-11/h2,11H,3-4H2,1H3,(H,9,10). The molecule has 12 heavy (non-hydrogen) atoms. The molecular weight excluding hydrogens is 192 g/mol. The Balaban J connectivity index is 2.38. The number of rotatable bonds is 3. The molecule has 0 unspecified atom stereocenters. The van der Waals surface area contributed by atoms with Crippen molar-refractivity contribution in [3.05, 3.63) is 16.1 Å². The molecular formula is C7H10N2OS2. The molecule has 0 bridgehead atoms. The summed E-state index contributed by atoms with van der Waals surface area (Å²) in [6, 6.07) is 0. The van der Waals surface area contributed by atoms with Gasteiger partial charge in [0.1, 0.15) is 0 Å². The van der Waals surface area contributed by atoms with Crippen LogP contribution in [-0.4, -0.2) is 16.6 Å². The van der Waals surface area contributed by atoms with Crippen molar-refractivity contribution >= 4 is 29.9 Å². The molecule has 0 fully saturated rings. The zero-order valence-electron chi connectivity index (χ0n) is 6.70. The molecule has 0 radical (unpaired) electrons. The molecule has 1 N–H and O–H groups in total. The van der Waals surface area contributed by atoms with E-state index in [1.54, 1.807) is 17.5 Å². The van der Waals surface area contributed by atoms with E-state index in [1.165, 1.54) is 0 Å². The molecule has 0 aromatic carbocycles. The second kappa shape index (κ2) is 4.47. The average Bonchev–Trinajstić information content (AvgIpc) is 2.47. The van der Waals surface area contributed by atoms with E-state index in [2.05, 4.69) is 22.9 Å². The lowest BCUT2D eigenvalue weighted by Crippen LogP contribution is -2.23. The van der Waals surface area contributed by atoms with Gasteiger partial charge in [-0.3, -0.25) is 4.79 Å². The maximum atomic E-state index is 10.8. The number of amides is 1. The Labute approximate surface area is 80.6 Å². The molecule has 1 rings (SSSR count). The van der Waals surface area contributed by atoms with E-state index in [4.69, 9.17) is 0 Å². The van der Waals surface area contributed by atoms with Crippen LogP contribution in [0.15, 0.2) is 6.20 Å². The number of hydrogen-bond acceptors (Lipinski definition) is 4. The Morgan fingerprint density at radius 1 is 1.83 bits per heavy atom. The molecule has 66 valence electrons. The molecule has 0 saturated carbocycles. The molecule has 1 aromatic rings. The summed E-state index contributed by atoms with van der Waals surface area (Å²) in [5.74, 6) is 0.182. The quantitative estimate of drug-likeness (QED) is 0.718. The average molecular weight is 202 g/mol. The van der Waals surface area contributed by atoms with Crippen molar-refractivity contribution in [3.8, 4) is 0 Å². The van der Waals surface area contributed by atoms with E-state index < -0.39 is 0 Å². The van der Waals surface area contributed by atoms with Crippen molar-refractivity contribution < 1.29 is 4.79 Å². The van der Waals surface area contributed by atoms with Gasteiger partial charge >= 0.3 is 0 Å². The van der Waals surface area contributed by atoms with Crippen LogP contribution in [0.5, 0.6) is 0 Å². The number of nitrogens with one attached hydrogen (secondary N) is 1. The van der Waals surface area contributed by atoms with Gasteiger partial charge in [-0.1, -0.05) is 0 Å². The number of thiol groups is 1. The lowest BCUT2D eigenvalue weighted by molar-refractivity contribution is -0.118. The fourth-order valence-electron chi connectivity index (χ4n) is 0.729. The molecule has 3 nitrogen and oxygen atoms in total. The largest absolute Gasteiger partial charge is 0.350 e. The van der Waals surface area contributed by atoms with Crippen LogP contribution < -0.4 is 5.32 Å². The van der Waals surface area contributed by atoms with Crippen molar-refractivity contribution in [2.45, 2.75) is 13.5 Å². The van der Waals surface area contributed by atoms with E-state index in [9.17, 15) is 4.79 Å². The number of carbonyl (C=O) groups is 1. The fourth-order valence-corrected chi connectivity index (χ4v) is 1.58. The van der Waals surface area contributed by atoms with Gasteiger partial charge in [-0.15, -0.1) is 11.3 Å². The Morgan fingerprint density at radius 3 is 3.08 bits per heavy atom. The van der Waals surface area contributed by atoms with E-state index >= 15 is 0 Å². The summed E-state index contributed by atoms with van der Waals surface area (Å²) < 4.78 is 0. The molecule has 0 aliphatic carbocycles. The predicted octanol–water partition coefficient (Wildman–Crippen LogP) is 0.998. The summed E-state index contributed by atoms with van der Waals surface area (Å²) >= 11 is 5.43. The second-order valence-corrected chi connectivity index (χ2v) is 3.92. The zero-order chi connectivity index (χ0) is 8.97. The zero-order valence-corrected chi connectivity index (χ0v) is 8.41. The van der Waals surface area contributed by atoms with Crippen LogP contribution in [0.1, 0.15) is 9.88 Å². The molecule has 0 aliphatic heterocycles. The van der Waals surface area contributed by atoms with Gasteiger partial charge in [0.2, 0.25) is 5.91 Å². The minimum Gasteiger partial charge on any atom is -0.350 e. The first kappa shape index (κ1) is 9.54. The van der Waals surface area contributed by atoms with E-state index in [0.29, 0.717) is 6.54 Å². The highest BCUT2D eigenvalue weighted by atomic mass is 32.1. The highest BCUT2D eigenvalue weighted by Gasteiger charge is 2.00. The molecule has 0 atom stereocenters. The van der Waals surface area contributed by atoms with Crippen LogP contribution in [0.25, 0.3) is 0 Å². The van der Waals surface area contributed by atoms with Crippen molar-refractivity contribution in [1.82, 2.24) is 10.3 Å². The summed E-state index contributed by atoms with van der Waals surface area (Å²) in [6.07, 6.45) is 1.78. The Bertz CT molecular complexity index is 272. The Kier molecular flexibility index (Phi) is 3.55. The van der Waals surface area contributed by atoms with Crippen molar-refractivity contribution in [2.75, 3.05) is 5.75 Å². The van der Waals surface area contributed by atoms with Crippen LogP contribution in [-0.2, 0) is 11.3 Å². The highest BCUT2D eigenvalue weighted by Crippen LogP contribution is 2.10. The lowest BCUT2D eigenvalue weighted by Gasteiger charge is -1.98. The first-order valence-corrected chi connectivity index (χ1v) is 4.96. The number of carbonyl (C=O) groups excluding carboxylic acids is 1. The molecule has 1 amide bonds. The topological polar surface area (TPSA) is 42.0 Å². The maximum Gasteiger partial charge on any atom is 0.230 e. The van der Waals surface area contributed by atoms with E-state index in [-0.39, 0.29) is 11.7 Å². The van der Waals surface area contributed by atoms with Crippen molar-refractivity contribution in [2.24, 2.45) is 0 Å². The van der Waals surface area contributed by atoms with Crippen LogP contribution in [0.2, 0.25) is 0 Å². The SMILES string of the molecule is Cc1ncc(CNC(=O)CS)s1. The summed E-state index contributed by atoms with van der Waals surface area (Å²) in [5.41, 5.74) is 0. The third-order valence-electron chi connectivity index (χ3n) is 1.27. The van der Waals surface area contributed by atoms with Gasteiger partial charge in [0.15, 0.2) is 0 Å². The number of aryl methyl sites for hydroxylation is 1. The van der Waals surface area contributed by atoms with Gasteiger partial charge in [-0.2, -0.15) is 12.6 Å². The predicted molar refractivity (Wildman–Crippen MR) is 52.6 cm³/mol. The Morgan fingerprint density at radius 2 is 2.58 bits per heavy atom. The maximum absolute atomic E-state index is 10.8. The fraction of sp³-hybridized carbons (Fsp3) is 0.429. The third-order valence-corrected chi connectivity index (χ3v) is 2.47. The first-order valence-electron chi connectivity index (χ1n) is 3.51. The summed E-state index contributed by atoms with van der Waals surface area (Å²) in [5, 5.41) is 3.74. The van der Waals surface area contributed by atoms with Crippen LogP contribution in [0, 0.1) is 6.92 Å². The highest BCUT2D eigenvalue weighted by molar-refractivity contribution is 7.81. The first-order chi connectivity index (χ1) is 5.72. The van der Waals surface area contributed by atoms with Gasteiger partial charge in [-0.25, -0.2) is 4.98 Å². The van der Waals surface area contributed by atoms with Crippen LogP contribution in [0.4, 0.5) is 0 Å². The summed E-state index contributed by atoms with van der Waals surface area (Å²) in [7, 11) is 0. The van der Waals surface area contributed by atoms with Gasteiger partial charge in [-0.05, 0) is 6.92 Å². The van der Waals surface area contributed by atoms with Crippen LogP contribution in [0.3, 0.4) is 0 Å². The molecule has 5 heteroatoms. The lowest BCUT2D eigenvalue weighted by atomic mass is 10.5. The van der Waals surface area contributed by atoms with Gasteiger partial charge in [0, 0.05) is 11.1 Å². The molecule has 0 saturated heterocycles. The normalized spacial score (nSPS) is 9.83. The molecule has 0 aliphatic rings. The molecule has 1 aromatic heterocycles. The van der Waals surface area contributed by atoms with Gasteiger partial charge < -0.3 is 5.32 Å². The number of nitrogens with zero attached hydrogens (tertiary/aromatic N) is 1. The van der Waals surface area contributed by atoms with Crippen molar-refractivity contribution in [1.29, 1.82) is 0 Å². The van der Waals surface area contributed by atoms with Crippen LogP contribution >= 0.6 is 24.0 Å². The third kappa shape index (κ3) is 2.83. The Hall–Kier alpha value is -0.550. The monoisotopic (exact) mass is 202 g/mol. The van der Waals surface area contributed by atoms with E-state index in [1.807, 2.05) is 6.92 Å². The number of thiazole rings is 1. The molecule has 1 heterocycles. The second-order valence-electron chi connectivity index (χ2n) is 2.28. The smallest absolute Gasteiger partial charge is 0.230 e.